The predicted octanol–water partition coefficient (Wildman–Crippen LogP) is 2.04. The van der Waals surface area contributed by atoms with Gasteiger partial charge in [-0.1, -0.05) is 0 Å². The molecule has 5 heteroatoms. The van der Waals surface area contributed by atoms with Crippen LogP contribution in [0.4, 0.5) is 10.1 Å². The highest BCUT2D eigenvalue weighted by molar-refractivity contribution is 5.93. The zero-order valence-electron chi connectivity index (χ0n) is 10.00. The summed E-state index contributed by atoms with van der Waals surface area (Å²) in [5.74, 6) is -0.253. The van der Waals surface area contributed by atoms with Gasteiger partial charge in [0.15, 0.2) is 11.6 Å². The van der Waals surface area contributed by atoms with E-state index in [2.05, 4.69) is 4.98 Å². The van der Waals surface area contributed by atoms with Crippen molar-refractivity contribution in [1.82, 2.24) is 4.98 Å². The van der Waals surface area contributed by atoms with Crippen molar-refractivity contribution in [2.75, 3.05) is 19.5 Å². The number of rotatable bonds is 1. The van der Waals surface area contributed by atoms with Gasteiger partial charge in [0.1, 0.15) is 0 Å². The van der Waals surface area contributed by atoms with Crippen molar-refractivity contribution >= 4 is 16.6 Å². The molecule has 2 N–H and O–H groups in total. The molecule has 2 aromatic rings. The Kier molecular flexibility index (Phi) is 2.56. The quantitative estimate of drug-likeness (QED) is 0.839. The molecule has 1 aromatic heterocycles. The average Bonchev–Trinajstić information content (AvgIpc) is 2.38. The van der Waals surface area contributed by atoms with Crippen LogP contribution in [0.3, 0.4) is 0 Å². The van der Waals surface area contributed by atoms with Crippen molar-refractivity contribution in [2.24, 2.45) is 0 Å². The van der Waals surface area contributed by atoms with Gasteiger partial charge in [-0.2, -0.15) is 0 Å². The van der Waals surface area contributed by atoms with Crippen LogP contribution in [-0.4, -0.2) is 18.7 Å². The second kappa shape index (κ2) is 4.10. The fourth-order valence-corrected chi connectivity index (χ4v) is 2.25. The van der Waals surface area contributed by atoms with E-state index >= 15 is 0 Å². The van der Waals surface area contributed by atoms with Gasteiger partial charge in [-0.3, -0.25) is 4.98 Å². The summed E-state index contributed by atoms with van der Waals surface area (Å²) >= 11 is 0. The minimum absolute atomic E-state index is 0.174. The number of ether oxygens (including phenoxy) is 2. The maximum absolute atomic E-state index is 13.7. The number of methoxy groups -OCH3 is 1. The predicted molar refractivity (Wildman–Crippen MR) is 66.0 cm³/mol. The summed E-state index contributed by atoms with van der Waals surface area (Å²) in [4.78, 5) is 4.46. The lowest BCUT2D eigenvalue weighted by molar-refractivity contribution is 0.110. The minimum atomic E-state index is -0.427. The van der Waals surface area contributed by atoms with Gasteiger partial charge >= 0.3 is 0 Å². The van der Waals surface area contributed by atoms with Crippen LogP contribution in [0.1, 0.15) is 11.3 Å². The molecule has 0 unspecified atom stereocenters. The number of hydrogen-bond acceptors (Lipinski definition) is 4. The summed E-state index contributed by atoms with van der Waals surface area (Å²) in [5, 5.41) is 0.706. The molecule has 0 fully saturated rings. The monoisotopic (exact) mass is 248 g/mol. The Labute approximate surface area is 104 Å². The molecule has 1 aromatic carbocycles. The van der Waals surface area contributed by atoms with Crippen LogP contribution >= 0.6 is 0 Å². The number of benzene rings is 1. The molecule has 0 saturated carbocycles. The maximum atomic E-state index is 13.7. The fourth-order valence-electron chi connectivity index (χ4n) is 2.25. The molecule has 0 saturated heterocycles. The topological polar surface area (TPSA) is 57.4 Å². The third-order valence-electron chi connectivity index (χ3n) is 3.22. The van der Waals surface area contributed by atoms with Crippen LogP contribution in [0, 0.1) is 5.82 Å². The Morgan fingerprint density at radius 3 is 3.06 bits per heavy atom. The van der Waals surface area contributed by atoms with Crippen LogP contribution in [-0.2, 0) is 17.8 Å². The normalized spacial score (nSPS) is 14.6. The molecule has 0 aliphatic carbocycles. The number of nitrogens with two attached hydrogens (primary N) is 1. The molecule has 0 spiro atoms. The lowest BCUT2D eigenvalue weighted by Crippen LogP contribution is -2.14. The Morgan fingerprint density at radius 2 is 2.28 bits per heavy atom. The lowest BCUT2D eigenvalue weighted by Gasteiger charge is -2.19. The van der Waals surface area contributed by atoms with E-state index in [9.17, 15) is 4.39 Å². The van der Waals surface area contributed by atoms with Crippen molar-refractivity contribution in [2.45, 2.75) is 13.0 Å². The average molecular weight is 248 g/mol. The molecule has 1 aliphatic rings. The van der Waals surface area contributed by atoms with Gasteiger partial charge in [0.2, 0.25) is 0 Å². The standard InChI is InChI=1S/C13H13FN2O2/c1-17-12-4-7-11(5-9(12)14)16-10-2-3-18-6-8(10)13(7)15/h4-5H,2-3,6H2,1H3,(H2,15,16). The van der Waals surface area contributed by atoms with Gasteiger partial charge in [-0.25, -0.2) is 4.39 Å². The Hall–Kier alpha value is -1.88. The Bertz CT molecular complexity index is 628. The molecule has 18 heavy (non-hydrogen) atoms. The van der Waals surface area contributed by atoms with Crippen LogP contribution in [0.15, 0.2) is 12.1 Å². The molecule has 3 rings (SSSR count). The maximum Gasteiger partial charge on any atom is 0.167 e. The largest absolute Gasteiger partial charge is 0.494 e. The SMILES string of the molecule is COc1cc2c(N)c3c(nc2cc1F)CCOC3. The summed E-state index contributed by atoms with van der Waals surface area (Å²) in [6.07, 6.45) is 0.711. The van der Waals surface area contributed by atoms with Crippen LogP contribution < -0.4 is 10.5 Å². The van der Waals surface area contributed by atoms with E-state index in [0.29, 0.717) is 36.2 Å². The first-order valence-electron chi connectivity index (χ1n) is 5.73. The molecule has 2 heterocycles. The van der Waals surface area contributed by atoms with Gasteiger partial charge in [0.25, 0.3) is 0 Å². The van der Waals surface area contributed by atoms with Crippen molar-refractivity contribution in [3.8, 4) is 5.75 Å². The van der Waals surface area contributed by atoms with E-state index in [1.54, 1.807) is 6.07 Å². The summed E-state index contributed by atoms with van der Waals surface area (Å²) in [6, 6.07) is 2.95. The minimum Gasteiger partial charge on any atom is -0.494 e. The number of nitrogen functional groups attached to an aromatic ring is 1. The van der Waals surface area contributed by atoms with E-state index in [0.717, 1.165) is 11.3 Å². The molecule has 4 nitrogen and oxygen atoms in total. The highest BCUT2D eigenvalue weighted by Crippen LogP contribution is 2.32. The smallest absolute Gasteiger partial charge is 0.167 e. The zero-order chi connectivity index (χ0) is 12.7. The number of halogens is 1. The van der Waals surface area contributed by atoms with Crippen LogP contribution in [0.2, 0.25) is 0 Å². The first-order chi connectivity index (χ1) is 8.70. The fraction of sp³-hybridized carbons (Fsp3) is 0.308. The third-order valence-corrected chi connectivity index (χ3v) is 3.22. The van der Waals surface area contributed by atoms with Gasteiger partial charge in [-0.15, -0.1) is 0 Å². The number of fused-ring (bicyclic) bond motifs is 2. The van der Waals surface area contributed by atoms with Gasteiger partial charge < -0.3 is 15.2 Å². The van der Waals surface area contributed by atoms with Crippen molar-refractivity contribution in [1.29, 1.82) is 0 Å². The first-order valence-corrected chi connectivity index (χ1v) is 5.73. The Balaban J connectivity index is 2.32. The molecule has 0 radical (unpaired) electrons. The van der Waals surface area contributed by atoms with Crippen molar-refractivity contribution in [3.63, 3.8) is 0 Å². The van der Waals surface area contributed by atoms with Gasteiger partial charge in [0, 0.05) is 29.1 Å². The van der Waals surface area contributed by atoms with E-state index in [1.165, 1.54) is 13.2 Å². The van der Waals surface area contributed by atoms with E-state index < -0.39 is 5.82 Å². The summed E-state index contributed by atoms with van der Waals surface area (Å²) in [7, 11) is 1.43. The molecule has 0 bridgehead atoms. The second-order valence-electron chi connectivity index (χ2n) is 4.26. The Morgan fingerprint density at radius 1 is 1.44 bits per heavy atom. The van der Waals surface area contributed by atoms with Gasteiger partial charge in [-0.05, 0) is 6.07 Å². The highest BCUT2D eigenvalue weighted by atomic mass is 19.1. The van der Waals surface area contributed by atoms with Crippen molar-refractivity contribution < 1.29 is 13.9 Å². The molecule has 1 aliphatic heterocycles. The number of aromatic nitrogens is 1. The molecular weight excluding hydrogens is 235 g/mol. The van der Waals surface area contributed by atoms with E-state index in [-0.39, 0.29) is 5.75 Å². The summed E-state index contributed by atoms with van der Waals surface area (Å²) in [5.41, 5.74) is 9.09. The van der Waals surface area contributed by atoms with E-state index in [1.807, 2.05) is 0 Å². The van der Waals surface area contributed by atoms with Crippen LogP contribution in [0.5, 0.6) is 5.75 Å². The number of nitrogens with zero attached hydrogens (tertiary/aromatic N) is 1. The summed E-state index contributed by atoms with van der Waals surface area (Å²) in [6.45, 7) is 1.09. The van der Waals surface area contributed by atoms with Gasteiger partial charge in [0.05, 0.1) is 31.5 Å². The number of pyridine rings is 1. The molecule has 0 amide bonds. The molecule has 0 atom stereocenters. The molecule has 94 valence electrons. The number of hydrogen-bond donors (Lipinski definition) is 1. The first kappa shape index (κ1) is 11.2. The third kappa shape index (κ3) is 1.59. The van der Waals surface area contributed by atoms with Crippen LogP contribution in [0.25, 0.3) is 10.9 Å². The highest BCUT2D eigenvalue weighted by Gasteiger charge is 2.18. The lowest BCUT2D eigenvalue weighted by atomic mass is 10.0. The second-order valence-corrected chi connectivity index (χ2v) is 4.26. The van der Waals surface area contributed by atoms with Crippen molar-refractivity contribution in [3.05, 3.63) is 29.2 Å². The number of anilines is 1. The zero-order valence-corrected chi connectivity index (χ0v) is 10.00. The van der Waals surface area contributed by atoms with E-state index in [4.69, 9.17) is 15.2 Å². The molecular formula is C13H13FN2O2. The summed E-state index contributed by atoms with van der Waals surface area (Å²) < 4.78 is 24.0.